The van der Waals surface area contributed by atoms with Crippen molar-refractivity contribution < 1.29 is 9.53 Å². The molecule has 1 aromatic carbocycles. The molecule has 3 heteroatoms. The topological polar surface area (TPSA) is 26.3 Å². The Hall–Kier alpha value is -0.960. The molecule has 0 N–H and O–H groups in total. The molecule has 1 aromatic rings. The minimum atomic E-state index is -0.112. The first-order valence-electron chi connectivity index (χ1n) is 6.66. The summed E-state index contributed by atoms with van der Waals surface area (Å²) >= 11 is 1.53. The molecule has 18 heavy (non-hydrogen) atoms. The summed E-state index contributed by atoms with van der Waals surface area (Å²) in [4.78, 5) is 12.6. The lowest BCUT2D eigenvalue weighted by atomic mass is 10.2. The molecule has 100 valence electrons. The standard InChI is InChI=1S/C15H22O2S/c1-2-3-4-5-9-12-17-15(16)13-18-14-10-7-6-8-11-14/h6-8,10-11H,2-5,9,12-13H2,1H3. The summed E-state index contributed by atoms with van der Waals surface area (Å²) < 4.78 is 5.18. The van der Waals surface area contributed by atoms with E-state index in [0.717, 1.165) is 17.7 Å². The Morgan fingerprint density at radius 2 is 1.83 bits per heavy atom. The van der Waals surface area contributed by atoms with Crippen molar-refractivity contribution in [1.29, 1.82) is 0 Å². The van der Waals surface area contributed by atoms with Crippen molar-refractivity contribution in [2.75, 3.05) is 12.4 Å². The van der Waals surface area contributed by atoms with Gasteiger partial charge in [-0.2, -0.15) is 0 Å². The average molecular weight is 266 g/mol. The van der Waals surface area contributed by atoms with E-state index in [-0.39, 0.29) is 5.97 Å². The SMILES string of the molecule is CCCCCCCOC(=O)CSc1ccccc1. The number of esters is 1. The molecule has 0 aliphatic rings. The number of unbranched alkanes of at least 4 members (excludes halogenated alkanes) is 4. The largest absolute Gasteiger partial charge is 0.465 e. The second kappa shape index (κ2) is 10.0. The molecule has 0 aromatic heterocycles. The van der Waals surface area contributed by atoms with Gasteiger partial charge in [-0.1, -0.05) is 50.8 Å². The number of rotatable bonds is 9. The molecule has 0 aliphatic carbocycles. The van der Waals surface area contributed by atoms with Gasteiger partial charge < -0.3 is 4.74 Å². The first-order chi connectivity index (χ1) is 8.83. The zero-order valence-corrected chi connectivity index (χ0v) is 11.9. The van der Waals surface area contributed by atoms with Gasteiger partial charge in [0.05, 0.1) is 12.4 Å². The Bertz CT molecular complexity index is 325. The van der Waals surface area contributed by atoms with Crippen LogP contribution in [0.5, 0.6) is 0 Å². The third kappa shape index (κ3) is 7.38. The lowest BCUT2D eigenvalue weighted by Gasteiger charge is -2.04. The summed E-state index contributed by atoms with van der Waals surface area (Å²) in [6.45, 7) is 2.76. The second-order valence-electron chi connectivity index (χ2n) is 4.24. The van der Waals surface area contributed by atoms with Crippen LogP contribution in [0.3, 0.4) is 0 Å². The highest BCUT2D eigenvalue weighted by atomic mass is 32.2. The maximum absolute atomic E-state index is 11.5. The van der Waals surface area contributed by atoms with Gasteiger partial charge >= 0.3 is 5.97 Å². The smallest absolute Gasteiger partial charge is 0.316 e. The summed E-state index contributed by atoms with van der Waals surface area (Å²) in [5.74, 6) is 0.290. The molecule has 0 saturated carbocycles. The zero-order valence-electron chi connectivity index (χ0n) is 11.1. The molecule has 0 saturated heterocycles. The number of hydrogen-bond acceptors (Lipinski definition) is 3. The first-order valence-corrected chi connectivity index (χ1v) is 7.65. The molecule has 1 rings (SSSR count). The predicted octanol–water partition coefficient (Wildman–Crippen LogP) is 4.29. The highest BCUT2D eigenvalue weighted by Gasteiger charge is 2.03. The quantitative estimate of drug-likeness (QED) is 0.379. The van der Waals surface area contributed by atoms with E-state index in [9.17, 15) is 4.79 Å². The van der Waals surface area contributed by atoms with Crippen molar-refractivity contribution >= 4 is 17.7 Å². The Morgan fingerprint density at radius 1 is 1.11 bits per heavy atom. The molecule has 0 fully saturated rings. The van der Waals surface area contributed by atoms with Crippen molar-refractivity contribution in [2.45, 2.75) is 43.9 Å². The molecule has 0 unspecified atom stereocenters. The monoisotopic (exact) mass is 266 g/mol. The van der Waals surface area contributed by atoms with Crippen LogP contribution in [0.1, 0.15) is 39.0 Å². The number of carbonyl (C=O) groups is 1. The Balaban J connectivity index is 2.01. The Kier molecular flexibility index (Phi) is 8.40. The van der Waals surface area contributed by atoms with Crippen LogP contribution in [0.4, 0.5) is 0 Å². The number of carbonyl (C=O) groups excluding carboxylic acids is 1. The summed E-state index contributed by atoms with van der Waals surface area (Å²) in [7, 11) is 0. The van der Waals surface area contributed by atoms with Crippen LogP contribution in [0.25, 0.3) is 0 Å². The number of ether oxygens (including phenoxy) is 1. The zero-order chi connectivity index (χ0) is 13.1. The molecule has 0 aliphatic heterocycles. The minimum Gasteiger partial charge on any atom is -0.465 e. The van der Waals surface area contributed by atoms with Crippen LogP contribution >= 0.6 is 11.8 Å². The molecule has 0 atom stereocenters. The molecule has 0 spiro atoms. The van der Waals surface area contributed by atoms with Crippen molar-refractivity contribution in [2.24, 2.45) is 0 Å². The van der Waals surface area contributed by atoms with Crippen molar-refractivity contribution in [3.05, 3.63) is 30.3 Å². The minimum absolute atomic E-state index is 0.112. The van der Waals surface area contributed by atoms with Gasteiger partial charge in [-0.05, 0) is 18.6 Å². The molecule has 0 amide bonds. The maximum atomic E-state index is 11.5. The fourth-order valence-corrected chi connectivity index (χ4v) is 2.31. The van der Waals surface area contributed by atoms with Crippen LogP contribution < -0.4 is 0 Å². The lowest BCUT2D eigenvalue weighted by molar-refractivity contribution is -0.140. The molecule has 0 heterocycles. The summed E-state index contributed by atoms with van der Waals surface area (Å²) in [5, 5.41) is 0. The van der Waals surface area contributed by atoms with E-state index in [4.69, 9.17) is 4.74 Å². The molecular formula is C15H22O2S. The Labute approximate surface area is 114 Å². The molecule has 0 bridgehead atoms. The second-order valence-corrected chi connectivity index (χ2v) is 5.29. The lowest BCUT2D eigenvalue weighted by Crippen LogP contribution is -2.08. The van der Waals surface area contributed by atoms with E-state index < -0.39 is 0 Å². The van der Waals surface area contributed by atoms with E-state index in [0.29, 0.717) is 12.4 Å². The normalized spacial score (nSPS) is 10.3. The van der Waals surface area contributed by atoms with Gasteiger partial charge in [0.25, 0.3) is 0 Å². The van der Waals surface area contributed by atoms with E-state index in [1.54, 1.807) is 0 Å². The van der Waals surface area contributed by atoms with Gasteiger partial charge in [0, 0.05) is 4.90 Å². The van der Waals surface area contributed by atoms with E-state index in [2.05, 4.69) is 6.92 Å². The van der Waals surface area contributed by atoms with Gasteiger partial charge in [0.15, 0.2) is 0 Å². The first kappa shape index (κ1) is 15.1. The summed E-state index contributed by atoms with van der Waals surface area (Å²) in [6, 6.07) is 9.92. The summed E-state index contributed by atoms with van der Waals surface area (Å²) in [6.07, 6.45) is 5.91. The molecular weight excluding hydrogens is 244 g/mol. The van der Waals surface area contributed by atoms with Crippen LogP contribution in [0, 0.1) is 0 Å². The average Bonchev–Trinajstić information content (AvgIpc) is 2.41. The Morgan fingerprint density at radius 3 is 2.56 bits per heavy atom. The number of thioether (sulfide) groups is 1. The van der Waals surface area contributed by atoms with E-state index in [1.807, 2.05) is 30.3 Å². The van der Waals surface area contributed by atoms with E-state index in [1.165, 1.54) is 31.0 Å². The van der Waals surface area contributed by atoms with E-state index >= 15 is 0 Å². The predicted molar refractivity (Wildman–Crippen MR) is 76.9 cm³/mol. The molecule has 0 radical (unpaired) electrons. The number of benzene rings is 1. The van der Waals surface area contributed by atoms with Gasteiger partial charge in [-0.3, -0.25) is 4.79 Å². The fraction of sp³-hybridized carbons (Fsp3) is 0.533. The van der Waals surface area contributed by atoms with Crippen LogP contribution in [0.2, 0.25) is 0 Å². The van der Waals surface area contributed by atoms with Gasteiger partial charge in [-0.15, -0.1) is 11.8 Å². The fourth-order valence-electron chi connectivity index (χ4n) is 1.59. The third-order valence-corrected chi connectivity index (χ3v) is 3.60. The highest BCUT2D eigenvalue weighted by Crippen LogP contribution is 2.16. The van der Waals surface area contributed by atoms with Crippen LogP contribution in [-0.2, 0) is 9.53 Å². The van der Waals surface area contributed by atoms with Gasteiger partial charge in [-0.25, -0.2) is 0 Å². The maximum Gasteiger partial charge on any atom is 0.316 e. The third-order valence-electron chi connectivity index (χ3n) is 2.61. The molecule has 2 nitrogen and oxygen atoms in total. The number of hydrogen-bond donors (Lipinski definition) is 0. The highest BCUT2D eigenvalue weighted by molar-refractivity contribution is 8.00. The van der Waals surface area contributed by atoms with Crippen molar-refractivity contribution in [3.8, 4) is 0 Å². The van der Waals surface area contributed by atoms with Crippen LogP contribution in [0.15, 0.2) is 35.2 Å². The van der Waals surface area contributed by atoms with Crippen molar-refractivity contribution in [1.82, 2.24) is 0 Å². The van der Waals surface area contributed by atoms with Crippen molar-refractivity contribution in [3.63, 3.8) is 0 Å². The van der Waals surface area contributed by atoms with Gasteiger partial charge in [0.2, 0.25) is 0 Å². The van der Waals surface area contributed by atoms with Crippen LogP contribution in [-0.4, -0.2) is 18.3 Å². The summed E-state index contributed by atoms with van der Waals surface area (Å²) in [5.41, 5.74) is 0. The van der Waals surface area contributed by atoms with Gasteiger partial charge in [0.1, 0.15) is 0 Å².